The van der Waals surface area contributed by atoms with Crippen molar-refractivity contribution in [1.82, 2.24) is 25.8 Å². The Balaban J connectivity index is 0.000000231. The van der Waals surface area contributed by atoms with Crippen LogP contribution in [0.5, 0.6) is 0 Å². The summed E-state index contributed by atoms with van der Waals surface area (Å²) in [5, 5.41) is 10.2. The first-order chi connectivity index (χ1) is 44.4. The summed E-state index contributed by atoms with van der Waals surface area (Å²) in [6, 6.07) is 41.8. The third kappa shape index (κ3) is 20.7. The summed E-state index contributed by atoms with van der Waals surface area (Å²) in [5.41, 5.74) is 2.46. The highest BCUT2D eigenvalue weighted by molar-refractivity contribution is 6.62. The Morgan fingerprint density at radius 2 is 0.809 bits per heavy atom. The van der Waals surface area contributed by atoms with Crippen LogP contribution in [0.1, 0.15) is 133 Å². The molecule has 6 aromatic rings. The summed E-state index contributed by atoms with van der Waals surface area (Å²) in [4.78, 5) is 26.7. The number of halogens is 15. The first-order valence-corrected chi connectivity index (χ1v) is 32.1. The van der Waals surface area contributed by atoms with Crippen molar-refractivity contribution in [3.63, 3.8) is 0 Å². The predicted octanol–water partition coefficient (Wildman–Crippen LogP) is 17.8. The maximum absolute atomic E-state index is 13.5. The van der Waals surface area contributed by atoms with Gasteiger partial charge in [0.2, 0.25) is 0 Å². The van der Waals surface area contributed by atoms with E-state index in [4.69, 9.17) is 50.0 Å². The van der Waals surface area contributed by atoms with Crippen molar-refractivity contribution in [2.45, 2.75) is 137 Å². The van der Waals surface area contributed by atoms with Crippen LogP contribution in [0.2, 0.25) is 0 Å². The maximum Gasteiger partial charge on any atom is 0.416 e. The molecule has 10 rings (SSSR count). The molecule has 3 amide bonds. The fraction of sp³-hybridized carbons (Fsp3) is 0.449. The third-order valence-electron chi connectivity index (χ3n) is 17.6. The summed E-state index contributed by atoms with van der Waals surface area (Å²) in [5.74, 6) is 0. The van der Waals surface area contributed by atoms with Crippen LogP contribution in [-0.2, 0) is 58.1 Å². The summed E-state index contributed by atoms with van der Waals surface area (Å²) < 4.78 is 173. The van der Waals surface area contributed by atoms with E-state index in [9.17, 15) is 62.3 Å². The van der Waals surface area contributed by atoms with Crippen molar-refractivity contribution < 1.29 is 71.7 Å². The van der Waals surface area contributed by atoms with Crippen LogP contribution in [0.3, 0.4) is 0 Å². The molecule has 2 heterocycles. The lowest BCUT2D eigenvalue weighted by molar-refractivity contribution is -0.145. The van der Waals surface area contributed by atoms with Crippen LogP contribution in [0.25, 0.3) is 0 Å². The van der Waals surface area contributed by atoms with Crippen LogP contribution in [0.4, 0.5) is 62.3 Å². The molecule has 512 valence electrons. The minimum Gasteiger partial charge on any atom is -0.373 e. The summed E-state index contributed by atoms with van der Waals surface area (Å²) in [7, 11) is 0. The van der Waals surface area contributed by atoms with E-state index < -0.39 is 75.5 Å². The number of rotatable bonds is 19. The monoisotopic (exact) mass is 1390 g/mol. The Bertz CT molecular complexity index is 3260. The third-order valence-corrected chi connectivity index (χ3v) is 17.8. The number of carbonyl (C=O) groups is 2. The molecule has 0 aromatic heterocycles. The van der Waals surface area contributed by atoms with E-state index in [-0.39, 0.29) is 58.7 Å². The second kappa shape index (κ2) is 32.8. The summed E-state index contributed by atoms with van der Waals surface area (Å²) in [6.45, 7) is 8.11. The zero-order chi connectivity index (χ0) is 68.6. The van der Waals surface area contributed by atoms with Crippen LogP contribution in [-0.4, -0.2) is 90.1 Å². The van der Waals surface area contributed by atoms with Gasteiger partial charge in [-0.05, 0) is 147 Å². The van der Waals surface area contributed by atoms with Gasteiger partial charge in [-0.15, -0.1) is 23.2 Å². The molecule has 2 aliphatic heterocycles. The van der Waals surface area contributed by atoms with Crippen molar-refractivity contribution in [1.29, 1.82) is 0 Å². The number of ether oxygens (including phenoxy) is 2. The number of carbonyl (C=O) groups excluding carboxylic acids is 2. The molecular weight excluding hydrogens is 1310 g/mol. The zero-order valence-electron chi connectivity index (χ0n) is 51.9. The van der Waals surface area contributed by atoms with Crippen molar-refractivity contribution in [3.05, 3.63) is 213 Å². The van der Waals surface area contributed by atoms with Gasteiger partial charge in [-0.1, -0.05) is 121 Å². The SMILES string of the molecule is C[C@@H](OCC1(c2ccccc2)CC(CN)(NCc2ccccc2)C1)c1cc(C(F)(F)F)cc(C(F)(F)F)c1.C[C@@H](OCC1(c2ccccc2)CC(CNC(=O)N2CCCC2)(NCc2ccccc2)C1)c1cc(C(F)(F)F)cc(C(F)(F)F)c1.ClCCl.O=C(Cl)N1CCCC1. The molecule has 4 aliphatic rings. The summed E-state index contributed by atoms with van der Waals surface area (Å²) in [6.07, 6.45) is -15.3. The largest absolute Gasteiger partial charge is 0.416 e. The molecule has 2 aliphatic carbocycles. The van der Waals surface area contributed by atoms with Gasteiger partial charge < -0.3 is 41.0 Å². The number of amides is 3. The Morgan fingerprint density at radius 3 is 1.12 bits per heavy atom. The van der Waals surface area contributed by atoms with Crippen molar-refractivity contribution in [3.8, 4) is 0 Å². The number of nitrogens with two attached hydrogens (primary N) is 1. The van der Waals surface area contributed by atoms with Crippen LogP contribution < -0.4 is 21.7 Å². The van der Waals surface area contributed by atoms with E-state index in [0.717, 1.165) is 85.3 Å². The smallest absolute Gasteiger partial charge is 0.373 e. The standard InChI is InChI=1S/C34H37F6N3O2.C29H30F6N2O.C5H8ClNO.CH2Cl2/c1-24(26-16-28(33(35,36)37)18-29(17-26)34(38,39)40)45-23-31(27-12-6-3-7-13-27)20-32(21-31,42-19-25-10-4-2-5-11-25)22-41-30(44)43-14-8-9-15-43;1-20(22-12-24(28(30,31)32)14-25(13-22)29(33,34)35)38-19-26(23-10-6-3-7-11-23)16-27(17-26,18-36)37-15-21-8-4-2-5-9-21;6-5(8)7-3-1-2-4-7;2-1-3/h2-7,10-13,16-18,24,42H,8-9,14-15,19-23H2,1H3,(H,41,44);2-14,20,37H,15-19,36H2,1H3;1-4H2;1H2/t24-,31?,32?;20-,26?,27?;;/m11../s1. The molecule has 0 unspecified atom stereocenters. The summed E-state index contributed by atoms with van der Waals surface area (Å²) >= 11 is 14.7. The molecule has 2 atom stereocenters. The number of nitrogens with zero attached hydrogens (tertiary/aromatic N) is 2. The van der Waals surface area contributed by atoms with Gasteiger partial charge in [0.25, 0.3) is 0 Å². The van der Waals surface area contributed by atoms with E-state index in [1.165, 1.54) is 13.8 Å². The van der Waals surface area contributed by atoms with E-state index >= 15 is 0 Å². The number of nitrogens with one attached hydrogen (secondary N) is 3. The lowest BCUT2D eigenvalue weighted by Gasteiger charge is -2.57. The average molecular weight is 1390 g/mol. The van der Waals surface area contributed by atoms with E-state index in [1.54, 1.807) is 9.80 Å². The lowest BCUT2D eigenvalue weighted by Crippen LogP contribution is -2.68. The Kier molecular flexibility index (Phi) is 26.2. The first kappa shape index (κ1) is 75.3. The molecule has 2 saturated heterocycles. The second-order valence-corrected chi connectivity index (χ2v) is 25.6. The van der Waals surface area contributed by atoms with Crippen molar-refractivity contribution in [2.75, 3.05) is 57.8 Å². The highest BCUT2D eigenvalue weighted by atomic mass is 35.5. The van der Waals surface area contributed by atoms with E-state index in [2.05, 4.69) is 16.0 Å². The number of alkyl halides is 14. The fourth-order valence-electron chi connectivity index (χ4n) is 12.6. The topological polar surface area (TPSA) is 121 Å². The van der Waals surface area contributed by atoms with Gasteiger partial charge in [-0.3, -0.25) is 4.79 Å². The number of urea groups is 1. The van der Waals surface area contributed by atoms with Crippen LogP contribution >= 0.6 is 34.8 Å². The number of hydrogen-bond donors (Lipinski definition) is 4. The molecule has 2 saturated carbocycles. The molecule has 0 bridgehead atoms. The normalized spacial score (nSPS) is 21.8. The zero-order valence-corrected chi connectivity index (χ0v) is 54.1. The fourth-order valence-corrected chi connectivity index (χ4v) is 12.8. The van der Waals surface area contributed by atoms with E-state index in [1.807, 2.05) is 121 Å². The Hall–Kier alpha value is -6.11. The molecule has 4 fully saturated rings. The minimum absolute atomic E-state index is 0.0601. The minimum atomic E-state index is -4.95. The Morgan fingerprint density at radius 1 is 0.500 bits per heavy atom. The first-order valence-electron chi connectivity index (χ1n) is 30.7. The maximum atomic E-state index is 13.5. The second-order valence-electron chi connectivity index (χ2n) is 24.4. The van der Waals surface area contributed by atoms with Gasteiger partial charge in [-0.2, -0.15) is 52.7 Å². The number of likely N-dealkylation sites (tertiary alicyclic amines) is 2. The molecule has 10 nitrogen and oxygen atoms in total. The highest BCUT2D eigenvalue weighted by Crippen LogP contribution is 2.53. The molecule has 0 radical (unpaired) electrons. The van der Waals surface area contributed by atoms with Gasteiger partial charge in [0, 0.05) is 74.3 Å². The number of hydrogen-bond acceptors (Lipinski definition) is 7. The predicted molar refractivity (Wildman–Crippen MR) is 340 cm³/mol. The molecular formula is C69H77Cl3F12N6O4. The molecule has 5 N–H and O–H groups in total. The van der Waals surface area contributed by atoms with Gasteiger partial charge in [-0.25, -0.2) is 4.79 Å². The average Bonchev–Trinajstić information content (AvgIpc) is 0.744. The molecule has 25 heteroatoms. The van der Waals surface area contributed by atoms with Crippen LogP contribution in [0, 0.1) is 0 Å². The van der Waals surface area contributed by atoms with Gasteiger partial charge >= 0.3 is 36.1 Å². The number of benzene rings is 6. The van der Waals surface area contributed by atoms with Gasteiger partial charge in [0.05, 0.1) is 53.0 Å². The van der Waals surface area contributed by atoms with Crippen LogP contribution in [0.15, 0.2) is 158 Å². The van der Waals surface area contributed by atoms with Gasteiger partial charge in [0.1, 0.15) is 0 Å². The Labute approximate surface area is 555 Å². The molecule has 0 spiro atoms. The van der Waals surface area contributed by atoms with Gasteiger partial charge in [0.15, 0.2) is 0 Å². The highest BCUT2D eigenvalue weighted by Gasteiger charge is 2.57. The van der Waals surface area contributed by atoms with Crippen molar-refractivity contribution in [2.24, 2.45) is 5.73 Å². The quantitative estimate of drug-likeness (QED) is 0.0276. The lowest BCUT2D eigenvalue weighted by atomic mass is 9.54. The van der Waals surface area contributed by atoms with E-state index in [0.29, 0.717) is 65.0 Å². The molecule has 94 heavy (non-hydrogen) atoms. The van der Waals surface area contributed by atoms with Crippen molar-refractivity contribution >= 4 is 46.2 Å². The molecule has 6 aromatic carbocycles.